The van der Waals surface area contributed by atoms with E-state index < -0.39 is 24.2 Å². The lowest BCUT2D eigenvalue weighted by Crippen LogP contribution is -2.57. The number of nitrogens with zero attached hydrogens (tertiary/aromatic N) is 1. The Hall–Kier alpha value is -1.76. The highest BCUT2D eigenvalue weighted by molar-refractivity contribution is 5.83. The molecule has 0 aromatic carbocycles. The van der Waals surface area contributed by atoms with Gasteiger partial charge in [0.1, 0.15) is 11.3 Å². The second kappa shape index (κ2) is 6.16. The number of allylic oxidation sites excluding steroid dienone is 1. The van der Waals surface area contributed by atoms with E-state index in [-0.39, 0.29) is 37.2 Å². The van der Waals surface area contributed by atoms with Crippen molar-refractivity contribution in [2.45, 2.75) is 51.3 Å². The Morgan fingerprint density at radius 1 is 1.45 bits per heavy atom. The van der Waals surface area contributed by atoms with E-state index in [0.29, 0.717) is 5.57 Å². The number of carbonyl (C=O) groups is 2. The highest BCUT2D eigenvalue weighted by Crippen LogP contribution is 2.35. The largest absolute Gasteiger partial charge is 0.480 e. The van der Waals surface area contributed by atoms with Gasteiger partial charge >= 0.3 is 5.97 Å². The summed E-state index contributed by atoms with van der Waals surface area (Å²) < 4.78 is 32.0. The van der Waals surface area contributed by atoms with Crippen LogP contribution in [0, 0.1) is 0 Å². The fraction of sp³-hybridized carbons (Fsp3) is 0.600. The smallest absolute Gasteiger partial charge is 0.323 e. The van der Waals surface area contributed by atoms with Crippen LogP contribution in [0.15, 0.2) is 23.5 Å². The molecule has 0 aromatic heterocycles. The molecule has 0 fully saturated rings. The molecule has 5 nitrogen and oxygen atoms in total. The Morgan fingerprint density at radius 2 is 2.14 bits per heavy atom. The number of carboxylic acid groups (broad SMARTS) is 1. The van der Waals surface area contributed by atoms with Crippen LogP contribution in [0.5, 0.6) is 0 Å². The molecule has 7 heteroatoms. The van der Waals surface area contributed by atoms with E-state index in [1.165, 1.54) is 25.0 Å². The molecule has 0 radical (unpaired) electrons. The lowest BCUT2D eigenvalue weighted by Gasteiger charge is -2.43. The van der Waals surface area contributed by atoms with E-state index in [1.54, 1.807) is 6.08 Å². The fourth-order valence-electron chi connectivity index (χ4n) is 2.72. The molecule has 1 aliphatic carbocycles. The minimum Gasteiger partial charge on any atom is -0.480 e. The van der Waals surface area contributed by atoms with Crippen LogP contribution in [-0.4, -0.2) is 46.5 Å². The van der Waals surface area contributed by atoms with E-state index in [9.17, 15) is 23.5 Å². The van der Waals surface area contributed by atoms with E-state index >= 15 is 0 Å². The predicted octanol–water partition coefficient (Wildman–Crippen LogP) is 2.34. The third kappa shape index (κ3) is 3.04. The van der Waals surface area contributed by atoms with Crippen molar-refractivity contribution in [1.29, 1.82) is 0 Å². The van der Waals surface area contributed by atoms with Crippen LogP contribution in [0.3, 0.4) is 0 Å². The van der Waals surface area contributed by atoms with Gasteiger partial charge in [0.2, 0.25) is 0 Å². The molecule has 2 rings (SSSR count). The average molecular weight is 315 g/mol. The first-order valence-electron chi connectivity index (χ1n) is 7.07. The van der Waals surface area contributed by atoms with Gasteiger partial charge < -0.3 is 9.84 Å². The van der Waals surface area contributed by atoms with Crippen LogP contribution in [0.1, 0.15) is 33.1 Å². The van der Waals surface area contributed by atoms with E-state index in [2.05, 4.69) is 0 Å². The molecular weight excluding hydrogens is 296 g/mol. The molecule has 0 saturated heterocycles. The highest BCUT2D eigenvalue weighted by Gasteiger charge is 2.43. The number of ketones is 1. The van der Waals surface area contributed by atoms with Gasteiger partial charge in [-0.2, -0.15) is 0 Å². The third-order valence-electron chi connectivity index (χ3n) is 4.17. The monoisotopic (exact) mass is 315 g/mol. The van der Waals surface area contributed by atoms with Crippen molar-refractivity contribution < 1.29 is 28.2 Å². The number of hydrogen-bond acceptors (Lipinski definition) is 4. The normalized spacial score (nSPS) is 23.9. The number of alkyl halides is 2. The van der Waals surface area contributed by atoms with Gasteiger partial charge in [0.25, 0.3) is 6.43 Å². The molecule has 1 atom stereocenters. The third-order valence-corrected chi connectivity index (χ3v) is 4.17. The van der Waals surface area contributed by atoms with Crippen molar-refractivity contribution in [2.75, 3.05) is 6.54 Å². The zero-order valence-corrected chi connectivity index (χ0v) is 12.5. The minimum absolute atomic E-state index is 0.170. The zero-order chi connectivity index (χ0) is 16.5. The standard InChI is InChI=1S/C15H19F2NO4/c1-15(2,14(20)21)18-6-3-7-22-13(18)10-5-4-9(19)8-11(10)12(16)17/h3,7,12-13H,4-6,8H2,1-2H3,(H,20,21). The second-order valence-electron chi connectivity index (χ2n) is 5.94. The van der Waals surface area contributed by atoms with Crippen LogP contribution in [0.4, 0.5) is 8.78 Å². The maximum atomic E-state index is 13.3. The first-order valence-corrected chi connectivity index (χ1v) is 7.07. The first kappa shape index (κ1) is 16.6. The quantitative estimate of drug-likeness (QED) is 0.807. The summed E-state index contributed by atoms with van der Waals surface area (Å²) in [5.41, 5.74) is -1.19. The van der Waals surface area contributed by atoms with Crippen LogP contribution < -0.4 is 0 Å². The molecule has 0 spiro atoms. The molecule has 0 amide bonds. The van der Waals surface area contributed by atoms with E-state index in [4.69, 9.17) is 4.74 Å². The number of carbonyl (C=O) groups excluding carboxylic acids is 1. The van der Waals surface area contributed by atoms with Gasteiger partial charge in [-0.1, -0.05) is 0 Å². The molecule has 1 unspecified atom stereocenters. The summed E-state index contributed by atoms with van der Waals surface area (Å²) in [6, 6.07) is 0. The van der Waals surface area contributed by atoms with Crippen LogP contribution in [-0.2, 0) is 14.3 Å². The number of ether oxygens (including phenoxy) is 1. The Bertz CT molecular complexity index is 540. The number of carboxylic acids is 1. The summed E-state index contributed by atoms with van der Waals surface area (Å²) in [4.78, 5) is 24.5. The molecule has 122 valence electrons. The number of hydrogen-bond donors (Lipinski definition) is 1. The van der Waals surface area contributed by atoms with Gasteiger partial charge in [0.05, 0.1) is 6.26 Å². The average Bonchev–Trinajstić information content (AvgIpc) is 2.47. The van der Waals surface area contributed by atoms with Crippen molar-refractivity contribution in [1.82, 2.24) is 4.90 Å². The molecule has 1 heterocycles. The SMILES string of the molecule is CC(C)(C(=O)O)N1CC=COC1C1=C(C(F)F)CC(=O)CC1. The van der Waals surface area contributed by atoms with Gasteiger partial charge in [-0.25, -0.2) is 13.7 Å². The molecule has 0 saturated carbocycles. The van der Waals surface area contributed by atoms with Crippen molar-refractivity contribution in [3.05, 3.63) is 23.5 Å². The first-order chi connectivity index (χ1) is 10.2. The Labute approximate surface area is 127 Å². The number of aliphatic carboxylic acids is 1. The molecule has 1 aliphatic heterocycles. The summed E-state index contributed by atoms with van der Waals surface area (Å²) in [6.07, 6.45) is -0.544. The maximum Gasteiger partial charge on any atom is 0.323 e. The van der Waals surface area contributed by atoms with Gasteiger partial charge in [-0.05, 0) is 31.9 Å². The molecule has 2 aliphatic rings. The van der Waals surface area contributed by atoms with Gasteiger partial charge in [0, 0.05) is 25.0 Å². The summed E-state index contributed by atoms with van der Waals surface area (Å²) in [5, 5.41) is 9.39. The van der Waals surface area contributed by atoms with Gasteiger partial charge in [0.15, 0.2) is 6.23 Å². The number of halogens is 2. The Kier molecular flexibility index (Phi) is 4.65. The van der Waals surface area contributed by atoms with Gasteiger partial charge in [-0.15, -0.1) is 0 Å². The molecular formula is C15H19F2NO4. The minimum atomic E-state index is -2.75. The van der Waals surface area contributed by atoms with Crippen molar-refractivity contribution >= 4 is 11.8 Å². The number of Topliss-reactive ketones (excluding diaryl/α,β-unsaturated/α-hetero) is 1. The van der Waals surface area contributed by atoms with Crippen molar-refractivity contribution in [3.63, 3.8) is 0 Å². The van der Waals surface area contributed by atoms with Crippen LogP contribution in [0.2, 0.25) is 0 Å². The molecule has 0 bridgehead atoms. The summed E-state index contributed by atoms with van der Waals surface area (Å²) >= 11 is 0. The number of rotatable bonds is 4. The topological polar surface area (TPSA) is 66.8 Å². The predicted molar refractivity (Wildman–Crippen MR) is 74.3 cm³/mol. The lowest BCUT2D eigenvalue weighted by molar-refractivity contribution is -0.156. The Morgan fingerprint density at radius 3 is 2.73 bits per heavy atom. The summed E-state index contributed by atoms with van der Waals surface area (Å²) in [6.45, 7) is 3.28. The molecule has 0 aromatic rings. The zero-order valence-electron chi connectivity index (χ0n) is 12.5. The van der Waals surface area contributed by atoms with E-state index in [1.807, 2.05) is 0 Å². The summed E-state index contributed by atoms with van der Waals surface area (Å²) in [7, 11) is 0. The maximum absolute atomic E-state index is 13.3. The van der Waals surface area contributed by atoms with Crippen molar-refractivity contribution in [3.8, 4) is 0 Å². The second-order valence-corrected chi connectivity index (χ2v) is 5.94. The fourth-order valence-corrected chi connectivity index (χ4v) is 2.72. The van der Waals surface area contributed by atoms with Crippen LogP contribution in [0.25, 0.3) is 0 Å². The Balaban J connectivity index is 2.42. The van der Waals surface area contributed by atoms with Crippen LogP contribution >= 0.6 is 0 Å². The molecule has 22 heavy (non-hydrogen) atoms. The van der Waals surface area contributed by atoms with E-state index in [0.717, 1.165) is 0 Å². The lowest BCUT2D eigenvalue weighted by atomic mass is 9.88. The summed E-state index contributed by atoms with van der Waals surface area (Å²) in [5.74, 6) is -1.29. The van der Waals surface area contributed by atoms with Crippen molar-refractivity contribution in [2.24, 2.45) is 0 Å². The highest BCUT2D eigenvalue weighted by atomic mass is 19.3. The molecule has 1 N–H and O–H groups in total. The van der Waals surface area contributed by atoms with Gasteiger partial charge in [-0.3, -0.25) is 9.59 Å².